The van der Waals surface area contributed by atoms with Crippen molar-refractivity contribution in [1.82, 2.24) is 19.8 Å². The molecule has 2 heterocycles. The minimum absolute atomic E-state index is 0.0763. The summed E-state index contributed by atoms with van der Waals surface area (Å²) in [6.45, 7) is 3.99. The highest BCUT2D eigenvalue weighted by molar-refractivity contribution is 6.34. The zero-order valence-electron chi connectivity index (χ0n) is 17.0. The Morgan fingerprint density at radius 1 is 1.20 bits per heavy atom. The van der Waals surface area contributed by atoms with Crippen molar-refractivity contribution < 1.29 is 14.3 Å². The Morgan fingerprint density at radius 3 is 2.70 bits per heavy atom. The molecular weight excluding hydrogens is 406 g/mol. The van der Waals surface area contributed by atoms with Crippen LogP contribution in [0.4, 0.5) is 5.69 Å². The van der Waals surface area contributed by atoms with Crippen LogP contribution >= 0.6 is 11.6 Å². The molecule has 0 radical (unpaired) electrons. The molecule has 0 spiro atoms. The summed E-state index contributed by atoms with van der Waals surface area (Å²) in [6.07, 6.45) is 3.95. The average Bonchev–Trinajstić information content (AvgIpc) is 3.27. The number of aryl methyl sites for hydroxylation is 1. The number of hydrogen-bond donors (Lipinski definition) is 2. The summed E-state index contributed by atoms with van der Waals surface area (Å²) >= 11 is 6.21. The van der Waals surface area contributed by atoms with Crippen molar-refractivity contribution >= 4 is 28.9 Å². The fourth-order valence-electron chi connectivity index (χ4n) is 3.47. The number of aromatic nitrogens is 4. The lowest BCUT2D eigenvalue weighted by Gasteiger charge is -2.16. The number of ether oxygens (including phenoxy) is 2. The fourth-order valence-corrected chi connectivity index (χ4v) is 3.63. The fraction of sp³-hybridized carbons (Fsp3) is 0.381. The van der Waals surface area contributed by atoms with E-state index < -0.39 is 0 Å². The number of carbonyl (C=O) groups excluding carboxylic acids is 1. The summed E-state index contributed by atoms with van der Waals surface area (Å²) in [4.78, 5) is 15.3. The van der Waals surface area contributed by atoms with E-state index in [-0.39, 0.29) is 19.5 Å². The number of aromatic amines is 1. The van der Waals surface area contributed by atoms with Gasteiger partial charge in [-0.25, -0.2) is 4.79 Å². The third-order valence-electron chi connectivity index (χ3n) is 5.20. The number of H-pyrrole nitrogens is 1. The van der Waals surface area contributed by atoms with Gasteiger partial charge in [-0.1, -0.05) is 17.2 Å². The van der Waals surface area contributed by atoms with E-state index in [4.69, 9.17) is 21.1 Å². The molecule has 0 atom stereocenters. The molecule has 1 aliphatic rings. The number of nitrogens with one attached hydrogen (secondary N) is 2. The molecule has 3 aromatic rings. The van der Waals surface area contributed by atoms with Crippen molar-refractivity contribution in [3.63, 3.8) is 0 Å². The van der Waals surface area contributed by atoms with Crippen LogP contribution in [0.1, 0.15) is 38.3 Å². The molecule has 30 heavy (non-hydrogen) atoms. The predicted molar refractivity (Wildman–Crippen MR) is 114 cm³/mol. The molecule has 0 fully saturated rings. The summed E-state index contributed by atoms with van der Waals surface area (Å²) in [7, 11) is 0. The first-order valence-electron chi connectivity index (χ1n) is 9.92. The van der Waals surface area contributed by atoms with Crippen molar-refractivity contribution in [1.29, 1.82) is 0 Å². The summed E-state index contributed by atoms with van der Waals surface area (Å²) in [5.41, 5.74) is 5.13. The van der Waals surface area contributed by atoms with Crippen LogP contribution in [0.2, 0.25) is 5.02 Å². The summed E-state index contributed by atoms with van der Waals surface area (Å²) in [6, 6.07) is 7.69. The minimum atomic E-state index is -0.267. The molecule has 1 aromatic carbocycles. The van der Waals surface area contributed by atoms with Gasteiger partial charge in [0.05, 0.1) is 5.69 Å². The quantitative estimate of drug-likeness (QED) is 0.327. The Kier molecular flexibility index (Phi) is 6.06. The molecule has 0 aliphatic heterocycles. The maximum absolute atomic E-state index is 12.1. The highest BCUT2D eigenvalue weighted by atomic mass is 35.5. The third-order valence-corrected chi connectivity index (χ3v) is 5.65. The highest BCUT2D eigenvalue weighted by Crippen LogP contribution is 2.25. The second kappa shape index (κ2) is 8.89. The minimum Gasteiger partial charge on any atom is -0.435 e. The number of hydrogen-bond acceptors (Lipinski definition) is 6. The van der Waals surface area contributed by atoms with Gasteiger partial charge in [0.25, 0.3) is 0 Å². The van der Waals surface area contributed by atoms with Crippen molar-refractivity contribution in [3.8, 4) is 11.4 Å². The SMILES string of the molecule is CC1=C(C(=O)OCOCNc2ccc(-c3nn4nc(C)c(Cl)c4[nH]3)cc2)CCCC1. The number of esters is 1. The number of allylic oxidation sites excluding steroid dienone is 1. The predicted octanol–water partition coefficient (Wildman–Crippen LogP) is 4.46. The number of rotatable bonds is 7. The molecule has 0 unspecified atom stereocenters. The molecule has 0 amide bonds. The van der Waals surface area contributed by atoms with Crippen molar-refractivity contribution in [3.05, 3.63) is 46.1 Å². The highest BCUT2D eigenvalue weighted by Gasteiger charge is 2.17. The van der Waals surface area contributed by atoms with Crippen LogP contribution in [0.3, 0.4) is 0 Å². The Balaban J connectivity index is 1.25. The average molecular weight is 430 g/mol. The smallest absolute Gasteiger partial charge is 0.336 e. The van der Waals surface area contributed by atoms with E-state index in [9.17, 15) is 4.79 Å². The van der Waals surface area contributed by atoms with Crippen molar-refractivity contribution in [2.75, 3.05) is 18.8 Å². The third kappa shape index (κ3) is 4.34. The van der Waals surface area contributed by atoms with Gasteiger partial charge in [0.15, 0.2) is 18.3 Å². The van der Waals surface area contributed by atoms with Crippen LogP contribution in [0, 0.1) is 6.92 Å². The first-order valence-corrected chi connectivity index (χ1v) is 10.3. The van der Waals surface area contributed by atoms with Crippen molar-refractivity contribution in [2.45, 2.75) is 39.5 Å². The van der Waals surface area contributed by atoms with Gasteiger partial charge in [-0.05, 0) is 63.8 Å². The normalized spacial score (nSPS) is 14.4. The number of anilines is 1. The Morgan fingerprint density at radius 2 is 1.97 bits per heavy atom. The van der Waals surface area contributed by atoms with Gasteiger partial charge in [0, 0.05) is 16.8 Å². The number of nitrogens with zero attached hydrogens (tertiary/aromatic N) is 3. The van der Waals surface area contributed by atoms with Gasteiger partial charge in [0.1, 0.15) is 11.8 Å². The first-order chi connectivity index (χ1) is 14.5. The van der Waals surface area contributed by atoms with E-state index in [1.54, 1.807) is 0 Å². The molecular formula is C21H24ClN5O3. The molecule has 8 nitrogen and oxygen atoms in total. The van der Waals surface area contributed by atoms with E-state index in [0.29, 0.717) is 16.5 Å². The van der Waals surface area contributed by atoms with Gasteiger partial charge < -0.3 is 19.8 Å². The molecule has 1 aliphatic carbocycles. The van der Waals surface area contributed by atoms with Crippen LogP contribution in [0.25, 0.3) is 17.0 Å². The van der Waals surface area contributed by atoms with E-state index in [1.807, 2.05) is 38.1 Å². The van der Waals surface area contributed by atoms with E-state index in [0.717, 1.165) is 53.8 Å². The number of fused-ring (bicyclic) bond motifs is 1. The number of benzene rings is 1. The van der Waals surface area contributed by atoms with Gasteiger partial charge in [-0.2, -0.15) is 5.10 Å². The zero-order valence-corrected chi connectivity index (χ0v) is 17.8. The van der Waals surface area contributed by atoms with Crippen molar-refractivity contribution in [2.24, 2.45) is 0 Å². The molecule has 4 rings (SSSR count). The summed E-state index contributed by atoms with van der Waals surface area (Å²) in [5, 5.41) is 12.4. The lowest BCUT2D eigenvalue weighted by atomic mass is 9.93. The van der Waals surface area contributed by atoms with Gasteiger partial charge in [-0.3, -0.25) is 0 Å². The van der Waals surface area contributed by atoms with E-state index in [1.165, 1.54) is 4.63 Å². The maximum atomic E-state index is 12.1. The topological polar surface area (TPSA) is 93.5 Å². The van der Waals surface area contributed by atoms with Crippen LogP contribution in [-0.4, -0.2) is 39.3 Å². The number of carbonyl (C=O) groups is 1. The molecule has 2 N–H and O–H groups in total. The maximum Gasteiger partial charge on any atom is 0.336 e. The van der Waals surface area contributed by atoms with Crippen LogP contribution in [-0.2, 0) is 14.3 Å². The van der Waals surface area contributed by atoms with Gasteiger partial charge in [0.2, 0.25) is 0 Å². The summed E-state index contributed by atoms with van der Waals surface area (Å²) < 4.78 is 12.1. The molecule has 0 bridgehead atoms. The van der Waals surface area contributed by atoms with Crippen LogP contribution < -0.4 is 5.32 Å². The monoisotopic (exact) mass is 429 g/mol. The number of halogens is 1. The lowest BCUT2D eigenvalue weighted by molar-refractivity contribution is -0.151. The largest absolute Gasteiger partial charge is 0.435 e. The van der Waals surface area contributed by atoms with Crippen LogP contribution in [0.15, 0.2) is 35.4 Å². The molecule has 2 aromatic heterocycles. The second-order valence-electron chi connectivity index (χ2n) is 7.33. The van der Waals surface area contributed by atoms with E-state index >= 15 is 0 Å². The molecule has 9 heteroatoms. The second-order valence-corrected chi connectivity index (χ2v) is 7.71. The standard InChI is InChI=1S/C21H24ClN5O3/c1-13-5-3-4-6-17(13)21(28)30-12-29-11-23-16-9-7-15(8-10-16)19-24-20-18(22)14(2)25-27(20)26-19/h7-10,23H,3-6,11-12H2,1-2H3,(H,24,26). The summed E-state index contributed by atoms with van der Waals surface area (Å²) in [5.74, 6) is 0.415. The lowest BCUT2D eigenvalue weighted by Crippen LogP contribution is -2.16. The van der Waals surface area contributed by atoms with Crippen LogP contribution in [0.5, 0.6) is 0 Å². The van der Waals surface area contributed by atoms with Gasteiger partial charge >= 0.3 is 5.97 Å². The Labute approximate surface area is 179 Å². The Hall–Kier alpha value is -2.84. The first kappa shape index (κ1) is 20.4. The zero-order chi connectivity index (χ0) is 21.1. The van der Waals surface area contributed by atoms with Gasteiger partial charge in [-0.15, -0.1) is 9.73 Å². The van der Waals surface area contributed by atoms with E-state index in [2.05, 4.69) is 20.5 Å². The Bertz CT molecular complexity index is 1080. The molecule has 0 saturated heterocycles. The molecule has 0 saturated carbocycles. The molecule has 158 valence electrons.